The molecule has 0 aromatic heterocycles. The SMILES string of the molecule is COc1ccc2c(c1)C(=CC(=O)c1ccc(C(=O)Nc3ccc4c(c3)OCO4)cc1)NC(C)(C)C2. The molecule has 35 heavy (non-hydrogen) atoms. The lowest BCUT2D eigenvalue weighted by Crippen LogP contribution is -2.43. The van der Waals surface area contributed by atoms with Crippen LogP contribution in [-0.2, 0) is 6.42 Å². The highest BCUT2D eigenvalue weighted by Crippen LogP contribution is 2.35. The predicted octanol–water partition coefficient (Wildman–Crippen LogP) is 4.82. The maximum atomic E-state index is 13.1. The zero-order chi connectivity index (χ0) is 24.6. The molecule has 0 bridgehead atoms. The third-order valence-electron chi connectivity index (χ3n) is 6.05. The maximum Gasteiger partial charge on any atom is 0.255 e. The Labute approximate surface area is 203 Å². The number of hydrogen-bond donors (Lipinski definition) is 2. The van der Waals surface area contributed by atoms with Crippen LogP contribution < -0.4 is 24.8 Å². The first-order chi connectivity index (χ1) is 16.8. The Balaban J connectivity index is 1.34. The zero-order valence-corrected chi connectivity index (χ0v) is 19.8. The molecule has 0 unspecified atom stereocenters. The van der Waals surface area contributed by atoms with Crippen LogP contribution in [0.1, 0.15) is 45.7 Å². The van der Waals surface area contributed by atoms with E-state index in [1.54, 1.807) is 55.7 Å². The molecule has 7 heteroatoms. The van der Waals surface area contributed by atoms with Gasteiger partial charge in [-0.15, -0.1) is 0 Å². The van der Waals surface area contributed by atoms with Gasteiger partial charge in [0.25, 0.3) is 5.91 Å². The van der Waals surface area contributed by atoms with Crippen molar-refractivity contribution in [1.29, 1.82) is 0 Å². The molecule has 0 saturated heterocycles. The van der Waals surface area contributed by atoms with Gasteiger partial charge in [0.05, 0.1) is 7.11 Å². The van der Waals surface area contributed by atoms with Crippen molar-refractivity contribution in [2.75, 3.05) is 19.2 Å². The molecule has 0 aliphatic carbocycles. The van der Waals surface area contributed by atoms with E-state index >= 15 is 0 Å². The van der Waals surface area contributed by atoms with E-state index in [0.717, 1.165) is 29.0 Å². The third-order valence-corrected chi connectivity index (χ3v) is 6.05. The number of fused-ring (bicyclic) bond motifs is 2. The fourth-order valence-corrected chi connectivity index (χ4v) is 4.33. The molecule has 0 radical (unpaired) electrons. The normalized spacial score (nSPS) is 16.3. The number of anilines is 1. The number of nitrogens with one attached hydrogen (secondary N) is 2. The molecule has 3 aromatic carbocycles. The summed E-state index contributed by atoms with van der Waals surface area (Å²) in [7, 11) is 1.63. The third kappa shape index (κ3) is 4.71. The van der Waals surface area contributed by atoms with Crippen LogP contribution in [0.4, 0.5) is 5.69 Å². The summed E-state index contributed by atoms with van der Waals surface area (Å²) >= 11 is 0. The number of ketones is 1. The lowest BCUT2D eigenvalue weighted by atomic mass is 9.85. The van der Waals surface area contributed by atoms with Gasteiger partial charge in [0.15, 0.2) is 17.3 Å². The van der Waals surface area contributed by atoms with Crippen LogP contribution in [0.25, 0.3) is 5.70 Å². The molecule has 2 aliphatic heterocycles. The summed E-state index contributed by atoms with van der Waals surface area (Å²) in [6.45, 7) is 4.38. The maximum absolute atomic E-state index is 13.1. The molecule has 0 saturated carbocycles. The Bertz CT molecular complexity index is 1340. The highest BCUT2D eigenvalue weighted by Gasteiger charge is 2.28. The number of rotatable bonds is 5. The van der Waals surface area contributed by atoms with Crippen molar-refractivity contribution in [3.05, 3.63) is 89.0 Å². The average molecular weight is 471 g/mol. The number of carbonyl (C=O) groups excluding carboxylic acids is 2. The quantitative estimate of drug-likeness (QED) is 0.411. The van der Waals surface area contributed by atoms with E-state index in [9.17, 15) is 9.59 Å². The number of methoxy groups -OCH3 is 1. The molecule has 0 atom stereocenters. The number of ether oxygens (including phenoxy) is 3. The van der Waals surface area contributed by atoms with Gasteiger partial charge in [0.1, 0.15) is 5.75 Å². The van der Waals surface area contributed by atoms with Crippen LogP contribution >= 0.6 is 0 Å². The van der Waals surface area contributed by atoms with E-state index in [1.165, 1.54) is 0 Å². The molecule has 2 N–H and O–H groups in total. The summed E-state index contributed by atoms with van der Waals surface area (Å²) in [5, 5.41) is 6.32. The first kappa shape index (κ1) is 22.5. The second kappa shape index (κ2) is 8.83. The van der Waals surface area contributed by atoms with E-state index in [2.05, 4.69) is 24.5 Å². The van der Waals surface area contributed by atoms with Crippen molar-refractivity contribution in [3.8, 4) is 17.2 Å². The van der Waals surface area contributed by atoms with Gasteiger partial charge >= 0.3 is 0 Å². The van der Waals surface area contributed by atoms with Crippen molar-refractivity contribution >= 4 is 23.1 Å². The highest BCUT2D eigenvalue weighted by molar-refractivity contribution is 6.10. The minimum absolute atomic E-state index is 0.151. The van der Waals surface area contributed by atoms with Crippen molar-refractivity contribution < 1.29 is 23.8 Å². The van der Waals surface area contributed by atoms with Gasteiger partial charge in [-0.1, -0.05) is 18.2 Å². The van der Waals surface area contributed by atoms with Gasteiger partial charge in [0, 0.05) is 45.8 Å². The molecule has 0 spiro atoms. The molecule has 7 nitrogen and oxygen atoms in total. The molecule has 2 aliphatic rings. The Hall–Kier alpha value is -4.26. The summed E-state index contributed by atoms with van der Waals surface area (Å²) in [4.78, 5) is 25.8. The van der Waals surface area contributed by atoms with Crippen molar-refractivity contribution in [3.63, 3.8) is 0 Å². The smallest absolute Gasteiger partial charge is 0.255 e. The summed E-state index contributed by atoms with van der Waals surface area (Å²) in [5.41, 5.74) is 4.21. The molecular weight excluding hydrogens is 444 g/mol. The number of amides is 1. The fourth-order valence-electron chi connectivity index (χ4n) is 4.33. The number of allylic oxidation sites excluding steroid dienone is 1. The van der Waals surface area contributed by atoms with Crippen LogP contribution in [0.15, 0.2) is 66.7 Å². The van der Waals surface area contributed by atoms with E-state index in [1.807, 2.05) is 18.2 Å². The van der Waals surface area contributed by atoms with E-state index < -0.39 is 0 Å². The molecule has 5 rings (SSSR count). The second-order valence-electron chi connectivity index (χ2n) is 9.23. The minimum Gasteiger partial charge on any atom is -0.497 e. The number of carbonyl (C=O) groups is 2. The Morgan fingerprint density at radius 1 is 0.971 bits per heavy atom. The Morgan fingerprint density at radius 3 is 2.49 bits per heavy atom. The van der Waals surface area contributed by atoms with Crippen molar-refractivity contribution in [2.45, 2.75) is 25.8 Å². The summed E-state index contributed by atoms with van der Waals surface area (Å²) in [6.07, 6.45) is 2.45. The molecule has 1 amide bonds. The van der Waals surface area contributed by atoms with Crippen molar-refractivity contribution in [1.82, 2.24) is 5.32 Å². The predicted molar refractivity (Wildman–Crippen MR) is 133 cm³/mol. The van der Waals surface area contributed by atoms with Gasteiger partial charge < -0.3 is 24.8 Å². The summed E-state index contributed by atoms with van der Waals surface area (Å²) < 4.78 is 16.0. The van der Waals surface area contributed by atoms with Crippen LogP contribution in [0.3, 0.4) is 0 Å². The topological polar surface area (TPSA) is 85.9 Å². The van der Waals surface area contributed by atoms with Crippen LogP contribution in [-0.4, -0.2) is 31.1 Å². The van der Waals surface area contributed by atoms with Gasteiger partial charge in [-0.2, -0.15) is 0 Å². The first-order valence-electron chi connectivity index (χ1n) is 11.3. The molecule has 3 aromatic rings. The molecular formula is C28H26N2O5. The van der Waals surface area contributed by atoms with Crippen LogP contribution in [0.5, 0.6) is 17.2 Å². The van der Waals surface area contributed by atoms with Gasteiger partial charge in [-0.25, -0.2) is 0 Å². The summed E-state index contributed by atoms with van der Waals surface area (Å²) in [6, 6.07) is 17.8. The lowest BCUT2D eigenvalue weighted by molar-refractivity contribution is 0.102. The summed E-state index contributed by atoms with van der Waals surface area (Å²) in [5.74, 6) is 1.55. The molecule has 0 fully saturated rings. The van der Waals surface area contributed by atoms with Gasteiger partial charge in [0.2, 0.25) is 6.79 Å². The zero-order valence-electron chi connectivity index (χ0n) is 19.8. The monoisotopic (exact) mass is 470 g/mol. The molecule has 2 heterocycles. The van der Waals surface area contributed by atoms with Gasteiger partial charge in [-0.3, -0.25) is 9.59 Å². The lowest BCUT2D eigenvalue weighted by Gasteiger charge is -2.35. The minimum atomic E-state index is -0.280. The molecule has 178 valence electrons. The van der Waals surface area contributed by atoms with Crippen LogP contribution in [0.2, 0.25) is 0 Å². The average Bonchev–Trinajstić information content (AvgIpc) is 3.31. The number of benzene rings is 3. The highest BCUT2D eigenvalue weighted by atomic mass is 16.7. The fraction of sp³-hybridized carbons (Fsp3) is 0.214. The van der Waals surface area contributed by atoms with Crippen LogP contribution in [0, 0.1) is 0 Å². The number of hydrogen-bond acceptors (Lipinski definition) is 6. The standard InChI is InChI=1S/C28H26N2O5/c1-28(2)15-19-8-10-21(33-3)13-22(19)23(30-28)14-24(31)17-4-6-18(7-5-17)27(32)29-20-9-11-25-26(12-20)35-16-34-25/h4-14,30H,15-16H2,1-3H3,(H,29,32). The largest absolute Gasteiger partial charge is 0.497 e. The van der Waals surface area contributed by atoms with E-state index in [4.69, 9.17) is 14.2 Å². The van der Waals surface area contributed by atoms with Gasteiger partial charge in [-0.05, 0) is 62.2 Å². The first-order valence-corrected chi connectivity index (χ1v) is 11.3. The van der Waals surface area contributed by atoms with E-state index in [0.29, 0.717) is 28.3 Å². The Kier molecular flexibility index (Phi) is 5.68. The van der Waals surface area contributed by atoms with Crippen molar-refractivity contribution in [2.24, 2.45) is 0 Å². The van der Waals surface area contributed by atoms with E-state index in [-0.39, 0.29) is 24.0 Å². The second-order valence-corrected chi connectivity index (χ2v) is 9.23. The Morgan fingerprint density at radius 2 is 1.71 bits per heavy atom.